The van der Waals surface area contributed by atoms with Crippen molar-refractivity contribution < 1.29 is 11.0 Å². The van der Waals surface area contributed by atoms with Crippen LogP contribution in [-0.4, -0.2) is 24.2 Å². The van der Waals surface area contributed by atoms with Gasteiger partial charge < -0.3 is 5.73 Å². The Morgan fingerprint density at radius 2 is 2.88 bits per heavy atom. The summed E-state index contributed by atoms with van der Waals surface area (Å²) in [6, 6.07) is -0.493. The zero-order valence-electron chi connectivity index (χ0n) is 5.39. The number of amides is 2. The normalized spacial score (nSPS) is 20.5. The number of hydrogen-bond donors (Lipinski definition) is 1. The van der Waals surface area contributed by atoms with Gasteiger partial charge in [-0.05, 0) is 6.42 Å². The molecule has 0 aromatic rings. The average molecular weight is 117 g/mol. The molecule has 2 amide bonds. The second-order valence-corrected chi connectivity index (χ2v) is 1.59. The molecule has 0 bridgehead atoms. The highest BCUT2D eigenvalue weighted by Gasteiger charge is 2.14. The standard InChI is InChI=1S/C4H8N2O2/c5-4(7)6-2-1-3-8-6/h1-3H2,(H2,5,7)/i/hD. The summed E-state index contributed by atoms with van der Waals surface area (Å²) in [5.74, 6) is 0. The van der Waals surface area contributed by atoms with Gasteiger partial charge in [0.05, 0.1) is 13.2 Å². The van der Waals surface area contributed by atoms with Crippen LogP contribution in [0.2, 0.25) is 1.41 Å². The third-order valence-corrected chi connectivity index (χ3v) is 0.979. The van der Waals surface area contributed by atoms with E-state index in [-0.39, 0.29) is 0 Å². The molecule has 0 saturated carbocycles. The van der Waals surface area contributed by atoms with Crippen molar-refractivity contribution in [3.8, 4) is 0 Å². The van der Waals surface area contributed by atoms with Crippen LogP contribution in [0.4, 0.5) is 4.79 Å². The van der Waals surface area contributed by atoms with Crippen molar-refractivity contribution in [1.29, 1.82) is 0 Å². The van der Waals surface area contributed by atoms with Gasteiger partial charge in [-0.2, -0.15) is 0 Å². The van der Waals surface area contributed by atoms with Gasteiger partial charge in [0.2, 0.25) is 0 Å². The molecule has 0 aromatic heterocycles. The summed E-state index contributed by atoms with van der Waals surface area (Å²) in [6.07, 6.45) is 0.855. The van der Waals surface area contributed by atoms with E-state index in [9.17, 15) is 4.79 Å². The molecule has 1 fully saturated rings. The number of carbonyl (C=O) groups excluding carboxylic acids is 1. The maximum Gasteiger partial charge on any atom is 0.338 e. The molecular formula is C4H8N2O2. The Morgan fingerprint density at radius 1 is 2.00 bits per heavy atom. The van der Waals surface area contributed by atoms with Crippen LogP contribution in [0.15, 0.2) is 0 Å². The van der Waals surface area contributed by atoms with Crippen molar-refractivity contribution in [2.45, 2.75) is 6.42 Å². The van der Waals surface area contributed by atoms with Gasteiger partial charge in [-0.1, -0.05) is 0 Å². The molecule has 1 aliphatic rings. The molecule has 4 nitrogen and oxygen atoms in total. The number of primary amides is 1. The van der Waals surface area contributed by atoms with Crippen LogP contribution in [-0.2, 0) is 4.84 Å². The summed E-state index contributed by atoms with van der Waals surface area (Å²) in [6.45, 7) is 1.16. The van der Waals surface area contributed by atoms with E-state index < -0.39 is 6.03 Å². The molecule has 0 radical (unpaired) electrons. The SMILES string of the molecule is [2H]NC(=O)N1CCCO1. The van der Waals surface area contributed by atoms with E-state index in [1.807, 2.05) is 0 Å². The van der Waals surface area contributed by atoms with E-state index in [0.29, 0.717) is 13.2 Å². The minimum atomic E-state index is -0.493. The minimum Gasteiger partial charge on any atom is -0.350 e. The largest absolute Gasteiger partial charge is 0.350 e. The smallest absolute Gasteiger partial charge is 0.338 e. The van der Waals surface area contributed by atoms with Crippen LogP contribution in [0.3, 0.4) is 0 Å². The maximum absolute atomic E-state index is 10.5. The summed E-state index contributed by atoms with van der Waals surface area (Å²) < 4.78 is 6.45. The van der Waals surface area contributed by atoms with Gasteiger partial charge in [0.25, 0.3) is 0 Å². The Morgan fingerprint density at radius 3 is 3.38 bits per heavy atom. The molecule has 1 rings (SSSR count). The number of hydrogen-bond acceptors (Lipinski definition) is 2. The van der Waals surface area contributed by atoms with Crippen molar-refractivity contribution in [1.82, 2.24) is 5.06 Å². The first-order valence-corrected chi connectivity index (χ1v) is 2.47. The van der Waals surface area contributed by atoms with E-state index in [4.69, 9.17) is 6.25 Å². The zero-order valence-corrected chi connectivity index (χ0v) is 4.39. The molecule has 1 aliphatic heterocycles. The zero-order chi connectivity index (χ0) is 6.69. The molecule has 8 heavy (non-hydrogen) atoms. The summed E-state index contributed by atoms with van der Waals surface area (Å²) in [5.41, 5.74) is 1.72. The monoisotopic (exact) mass is 117 g/mol. The van der Waals surface area contributed by atoms with Crippen molar-refractivity contribution >= 4 is 6.03 Å². The molecule has 0 unspecified atom stereocenters. The molecule has 1 heterocycles. The molecule has 2 N–H and O–H groups in total. The highest BCUT2D eigenvalue weighted by molar-refractivity contribution is 5.70. The average Bonchev–Trinajstić information content (AvgIpc) is 2.37. The van der Waals surface area contributed by atoms with Gasteiger partial charge in [0.15, 0.2) is 1.41 Å². The number of rotatable bonds is 0. The van der Waals surface area contributed by atoms with Crippen molar-refractivity contribution in [2.24, 2.45) is 5.73 Å². The summed E-state index contributed by atoms with van der Waals surface area (Å²) >= 11 is 0. The third-order valence-electron chi connectivity index (χ3n) is 0.979. The molecule has 0 aliphatic carbocycles. The summed E-state index contributed by atoms with van der Waals surface area (Å²) in [5, 5.41) is 1.15. The van der Waals surface area contributed by atoms with Crippen LogP contribution < -0.4 is 5.73 Å². The molecule has 4 heteroatoms. The fourth-order valence-corrected chi connectivity index (χ4v) is 0.608. The Bertz CT molecular complexity index is 113. The molecular weight excluding hydrogens is 108 g/mol. The number of carbonyl (C=O) groups is 1. The molecule has 0 spiro atoms. The third kappa shape index (κ3) is 0.894. The van der Waals surface area contributed by atoms with Gasteiger partial charge in [-0.25, -0.2) is 9.86 Å². The summed E-state index contributed by atoms with van der Waals surface area (Å²) in [4.78, 5) is 15.3. The first-order valence-electron chi connectivity index (χ1n) is 2.97. The topological polar surface area (TPSA) is 55.6 Å². The van der Waals surface area contributed by atoms with Crippen LogP contribution in [0.1, 0.15) is 6.42 Å². The van der Waals surface area contributed by atoms with E-state index >= 15 is 0 Å². The number of nitrogens with zero attached hydrogens (tertiary/aromatic N) is 1. The number of urea groups is 1. The van der Waals surface area contributed by atoms with Crippen molar-refractivity contribution in [2.75, 3.05) is 13.2 Å². The van der Waals surface area contributed by atoms with Gasteiger partial charge in [0.1, 0.15) is 0 Å². The Kier molecular flexibility index (Phi) is 1.04. The fraction of sp³-hybridized carbons (Fsp3) is 0.750. The van der Waals surface area contributed by atoms with Gasteiger partial charge >= 0.3 is 6.03 Å². The van der Waals surface area contributed by atoms with Crippen LogP contribution in [0.25, 0.3) is 0 Å². The molecule has 1 saturated heterocycles. The predicted molar refractivity (Wildman–Crippen MR) is 26.9 cm³/mol. The van der Waals surface area contributed by atoms with Gasteiger partial charge in [-0.3, -0.25) is 4.84 Å². The van der Waals surface area contributed by atoms with E-state index in [1.54, 1.807) is 5.73 Å². The van der Waals surface area contributed by atoms with Crippen LogP contribution in [0.5, 0.6) is 0 Å². The van der Waals surface area contributed by atoms with Crippen LogP contribution in [0, 0.1) is 0 Å². The minimum absolute atomic E-state index is 0.493. The van der Waals surface area contributed by atoms with Crippen LogP contribution >= 0.6 is 0 Å². The van der Waals surface area contributed by atoms with E-state index in [0.717, 1.165) is 11.5 Å². The highest BCUT2D eigenvalue weighted by atomic mass is 16.7. The first kappa shape index (κ1) is 4.14. The quantitative estimate of drug-likeness (QED) is 0.473. The predicted octanol–water partition coefficient (Wildman–Crippen LogP) is -0.298. The van der Waals surface area contributed by atoms with E-state index in [1.165, 1.54) is 0 Å². The molecule has 0 aromatic carbocycles. The summed E-state index contributed by atoms with van der Waals surface area (Å²) in [7, 11) is 0. The lowest BCUT2D eigenvalue weighted by Gasteiger charge is -2.07. The highest BCUT2D eigenvalue weighted by Crippen LogP contribution is 2.01. The lowest BCUT2D eigenvalue weighted by molar-refractivity contribution is -0.0631. The molecule has 46 valence electrons. The Hall–Kier alpha value is -0.770. The number of nitrogens with two attached hydrogens (primary N) is 1. The number of hydroxylamine groups is 2. The van der Waals surface area contributed by atoms with Crippen molar-refractivity contribution in [3.05, 3.63) is 0 Å². The Labute approximate surface area is 48.6 Å². The fourth-order valence-electron chi connectivity index (χ4n) is 0.608. The van der Waals surface area contributed by atoms with Crippen molar-refractivity contribution in [3.63, 3.8) is 0 Å². The lowest BCUT2D eigenvalue weighted by atomic mass is 10.5. The second kappa shape index (κ2) is 2.00. The van der Waals surface area contributed by atoms with Gasteiger partial charge in [-0.15, -0.1) is 0 Å². The van der Waals surface area contributed by atoms with Gasteiger partial charge in [0, 0.05) is 0 Å². The Balaban J connectivity index is 2.32. The lowest BCUT2D eigenvalue weighted by Crippen LogP contribution is -2.31. The maximum atomic E-state index is 10.5. The molecule has 0 atom stereocenters. The first-order chi connectivity index (χ1) is 4.34. The second-order valence-electron chi connectivity index (χ2n) is 1.59. The van der Waals surface area contributed by atoms with E-state index in [2.05, 4.69) is 0 Å².